The summed E-state index contributed by atoms with van der Waals surface area (Å²) >= 11 is 1.76. The zero-order valence-corrected chi connectivity index (χ0v) is 12.5. The smallest absolute Gasteiger partial charge is 0.123 e. The molecule has 0 aliphatic rings. The Labute approximate surface area is 122 Å². The zero-order valence-electron chi connectivity index (χ0n) is 11.7. The first-order valence-corrected chi connectivity index (χ1v) is 7.71. The molecule has 1 N–H and O–H groups in total. The van der Waals surface area contributed by atoms with Crippen LogP contribution in [0.15, 0.2) is 41.0 Å². The Hall–Kier alpha value is -1.65. The van der Waals surface area contributed by atoms with Crippen LogP contribution < -0.4 is 5.32 Å². The van der Waals surface area contributed by atoms with E-state index in [1.807, 2.05) is 12.1 Å². The van der Waals surface area contributed by atoms with E-state index in [2.05, 4.69) is 37.4 Å². The van der Waals surface area contributed by atoms with Crippen molar-refractivity contribution in [1.29, 1.82) is 0 Å². The van der Waals surface area contributed by atoms with Crippen LogP contribution in [0.1, 0.15) is 29.3 Å². The molecule has 1 aromatic carbocycles. The van der Waals surface area contributed by atoms with E-state index in [9.17, 15) is 0 Å². The van der Waals surface area contributed by atoms with Gasteiger partial charge in [-0.3, -0.25) is 0 Å². The third-order valence-corrected chi connectivity index (χ3v) is 4.44. The lowest BCUT2D eigenvalue weighted by Crippen LogP contribution is -2.23. The number of nitrogens with one attached hydrogen (secondary N) is 1. The molecule has 0 spiro atoms. The molecule has 0 amide bonds. The maximum Gasteiger partial charge on any atom is 0.123 e. The molecule has 3 rings (SSSR count). The van der Waals surface area contributed by atoms with Gasteiger partial charge in [0.15, 0.2) is 0 Å². The van der Waals surface area contributed by atoms with Crippen LogP contribution >= 0.6 is 11.3 Å². The molecule has 1 unspecified atom stereocenters. The summed E-state index contributed by atoms with van der Waals surface area (Å²) in [4.78, 5) is 4.71. The third kappa shape index (κ3) is 2.62. The fourth-order valence-corrected chi connectivity index (χ4v) is 3.44. The van der Waals surface area contributed by atoms with Gasteiger partial charge in [-0.15, -0.1) is 11.3 Å². The van der Waals surface area contributed by atoms with E-state index in [4.69, 9.17) is 9.40 Å². The molecule has 0 fully saturated rings. The largest absolute Gasteiger partial charge is 0.467 e. The molecule has 2 aromatic heterocycles. The standard InChI is InChI=1S/C16H18N2OS/c1-3-17-13(16-11(2)8-9-19-16)10-15-18-12-6-4-5-7-14(12)20-15/h4-9,13,17H,3,10H2,1-2H3. The second-order valence-electron chi connectivity index (χ2n) is 4.86. The topological polar surface area (TPSA) is 38.1 Å². The Kier molecular flexibility index (Phi) is 3.85. The van der Waals surface area contributed by atoms with Crippen molar-refractivity contribution in [2.75, 3.05) is 6.54 Å². The van der Waals surface area contributed by atoms with Crippen molar-refractivity contribution in [1.82, 2.24) is 10.3 Å². The van der Waals surface area contributed by atoms with Crippen LogP contribution in [0, 0.1) is 6.92 Å². The molecule has 1 atom stereocenters. The monoisotopic (exact) mass is 286 g/mol. The number of aryl methyl sites for hydroxylation is 1. The number of para-hydroxylation sites is 1. The van der Waals surface area contributed by atoms with E-state index in [0.717, 1.165) is 29.3 Å². The second kappa shape index (κ2) is 5.77. The molecule has 20 heavy (non-hydrogen) atoms. The number of fused-ring (bicyclic) bond motifs is 1. The lowest BCUT2D eigenvalue weighted by atomic mass is 10.1. The van der Waals surface area contributed by atoms with E-state index >= 15 is 0 Å². The quantitative estimate of drug-likeness (QED) is 0.767. The SMILES string of the molecule is CCNC(Cc1nc2ccccc2s1)c1occc1C. The van der Waals surface area contributed by atoms with Gasteiger partial charge in [-0.1, -0.05) is 19.1 Å². The van der Waals surface area contributed by atoms with Gasteiger partial charge >= 0.3 is 0 Å². The van der Waals surface area contributed by atoms with Crippen LogP contribution in [-0.2, 0) is 6.42 Å². The molecule has 0 saturated heterocycles. The maximum absolute atomic E-state index is 5.64. The second-order valence-corrected chi connectivity index (χ2v) is 5.97. The lowest BCUT2D eigenvalue weighted by molar-refractivity contribution is 0.413. The average molecular weight is 286 g/mol. The third-order valence-electron chi connectivity index (χ3n) is 3.39. The molecule has 104 valence electrons. The number of rotatable bonds is 5. The molecule has 0 aliphatic heterocycles. The number of thiazole rings is 1. The molecule has 0 saturated carbocycles. The molecule has 0 radical (unpaired) electrons. The van der Waals surface area contributed by atoms with E-state index in [0.29, 0.717) is 0 Å². The van der Waals surface area contributed by atoms with Crippen LogP contribution in [0.5, 0.6) is 0 Å². The van der Waals surface area contributed by atoms with Crippen molar-refractivity contribution in [3.63, 3.8) is 0 Å². The van der Waals surface area contributed by atoms with Gasteiger partial charge < -0.3 is 9.73 Å². The highest BCUT2D eigenvalue weighted by Crippen LogP contribution is 2.27. The predicted molar refractivity (Wildman–Crippen MR) is 83.2 cm³/mol. The molecule has 3 nitrogen and oxygen atoms in total. The summed E-state index contributed by atoms with van der Waals surface area (Å²) in [5.41, 5.74) is 2.27. The van der Waals surface area contributed by atoms with Crippen molar-refractivity contribution in [3.05, 3.63) is 52.9 Å². The molecule has 4 heteroatoms. The van der Waals surface area contributed by atoms with E-state index < -0.39 is 0 Å². The van der Waals surface area contributed by atoms with E-state index in [1.165, 1.54) is 10.3 Å². The van der Waals surface area contributed by atoms with Gasteiger partial charge in [-0.2, -0.15) is 0 Å². The van der Waals surface area contributed by atoms with Gasteiger partial charge in [0.1, 0.15) is 5.76 Å². The van der Waals surface area contributed by atoms with Crippen molar-refractivity contribution in [2.24, 2.45) is 0 Å². The lowest BCUT2D eigenvalue weighted by Gasteiger charge is -2.15. The number of benzene rings is 1. The van der Waals surface area contributed by atoms with E-state index in [1.54, 1.807) is 17.6 Å². The average Bonchev–Trinajstić information content (AvgIpc) is 3.03. The number of likely N-dealkylation sites (N-methyl/N-ethyl adjacent to an activating group) is 1. The van der Waals surface area contributed by atoms with Gasteiger partial charge in [0.25, 0.3) is 0 Å². The Bertz CT molecular complexity index is 668. The highest BCUT2D eigenvalue weighted by molar-refractivity contribution is 7.18. The summed E-state index contributed by atoms with van der Waals surface area (Å²) in [5.74, 6) is 1.02. The summed E-state index contributed by atoms with van der Waals surface area (Å²) < 4.78 is 6.88. The highest BCUT2D eigenvalue weighted by Gasteiger charge is 2.18. The van der Waals surface area contributed by atoms with Crippen LogP contribution in [0.25, 0.3) is 10.2 Å². The summed E-state index contributed by atoms with van der Waals surface area (Å²) in [7, 11) is 0. The fourth-order valence-electron chi connectivity index (χ4n) is 2.43. The number of hydrogen-bond donors (Lipinski definition) is 1. The van der Waals surface area contributed by atoms with Crippen LogP contribution in [0.3, 0.4) is 0 Å². The first-order chi connectivity index (χ1) is 9.78. The van der Waals surface area contributed by atoms with Crippen LogP contribution in [0.2, 0.25) is 0 Å². The van der Waals surface area contributed by atoms with Crippen LogP contribution in [-0.4, -0.2) is 11.5 Å². The summed E-state index contributed by atoms with van der Waals surface area (Å²) in [6.45, 7) is 5.11. The normalized spacial score (nSPS) is 12.9. The Morgan fingerprint density at radius 1 is 1.30 bits per heavy atom. The fraction of sp³-hybridized carbons (Fsp3) is 0.312. The minimum Gasteiger partial charge on any atom is -0.467 e. The molecular formula is C16H18N2OS. The Balaban J connectivity index is 1.88. The minimum absolute atomic E-state index is 0.190. The van der Waals surface area contributed by atoms with Gasteiger partial charge in [0, 0.05) is 6.42 Å². The maximum atomic E-state index is 5.64. The van der Waals surface area contributed by atoms with Crippen molar-refractivity contribution in [2.45, 2.75) is 26.3 Å². The summed E-state index contributed by atoms with van der Waals surface area (Å²) in [6, 6.07) is 10.5. The van der Waals surface area contributed by atoms with Gasteiger partial charge in [-0.25, -0.2) is 4.98 Å². The Morgan fingerprint density at radius 3 is 2.85 bits per heavy atom. The number of hydrogen-bond acceptors (Lipinski definition) is 4. The van der Waals surface area contributed by atoms with Gasteiger partial charge in [0.05, 0.1) is 27.5 Å². The van der Waals surface area contributed by atoms with Crippen molar-refractivity contribution >= 4 is 21.6 Å². The molecular weight excluding hydrogens is 268 g/mol. The molecule has 2 heterocycles. The molecule has 0 bridgehead atoms. The van der Waals surface area contributed by atoms with Crippen LogP contribution in [0.4, 0.5) is 0 Å². The predicted octanol–water partition coefficient (Wildman–Crippen LogP) is 4.09. The Morgan fingerprint density at radius 2 is 2.15 bits per heavy atom. The molecule has 0 aliphatic carbocycles. The minimum atomic E-state index is 0.190. The van der Waals surface area contributed by atoms with E-state index in [-0.39, 0.29) is 6.04 Å². The van der Waals surface area contributed by atoms with Crippen molar-refractivity contribution < 1.29 is 4.42 Å². The number of aromatic nitrogens is 1. The highest BCUT2D eigenvalue weighted by atomic mass is 32.1. The van der Waals surface area contributed by atoms with Gasteiger partial charge in [-0.05, 0) is 37.2 Å². The number of furan rings is 1. The molecule has 3 aromatic rings. The summed E-state index contributed by atoms with van der Waals surface area (Å²) in [5, 5.41) is 4.64. The number of nitrogens with zero attached hydrogens (tertiary/aromatic N) is 1. The summed E-state index contributed by atoms with van der Waals surface area (Å²) in [6.07, 6.45) is 2.62. The van der Waals surface area contributed by atoms with Crippen molar-refractivity contribution in [3.8, 4) is 0 Å². The first-order valence-electron chi connectivity index (χ1n) is 6.89. The zero-order chi connectivity index (χ0) is 13.9. The first kappa shape index (κ1) is 13.3. The van der Waals surface area contributed by atoms with Gasteiger partial charge in [0.2, 0.25) is 0 Å².